The maximum atomic E-state index is 13.1. The minimum absolute atomic E-state index is 0.0445. The molecule has 9 heteroatoms. The Morgan fingerprint density at radius 1 is 1.09 bits per heavy atom. The Hall–Kier alpha value is -2.62. The third-order valence-corrected chi connectivity index (χ3v) is 6.17. The summed E-state index contributed by atoms with van der Waals surface area (Å²) >= 11 is 4.93. The van der Waals surface area contributed by atoms with Crippen molar-refractivity contribution >= 4 is 33.2 Å². The van der Waals surface area contributed by atoms with Gasteiger partial charge in [0.25, 0.3) is 5.91 Å². The minimum Gasteiger partial charge on any atom is -0.493 e. The Balaban J connectivity index is 1.70. The van der Waals surface area contributed by atoms with Crippen LogP contribution in [0.4, 0.5) is 0 Å². The van der Waals surface area contributed by atoms with Gasteiger partial charge in [0.1, 0.15) is 11.6 Å². The molecule has 0 aliphatic rings. The quantitative estimate of drug-likeness (QED) is 0.298. The predicted octanol–water partition coefficient (Wildman–Crippen LogP) is 5.18. The van der Waals surface area contributed by atoms with Crippen molar-refractivity contribution in [2.75, 3.05) is 34.5 Å². The Morgan fingerprint density at radius 3 is 2.48 bits per heavy atom. The van der Waals surface area contributed by atoms with Gasteiger partial charge in [0.15, 0.2) is 11.5 Å². The van der Waals surface area contributed by atoms with Gasteiger partial charge in [-0.1, -0.05) is 28.1 Å². The molecule has 3 rings (SSSR count). The largest absolute Gasteiger partial charge is 0.493 e. The average molecular weight is 535 g/mol. The van der Waals surface area contributed by atoms with Gasteiger partial charge < -0.3 is 23.8 Å². The molecular formula is C24H27BrN2O5S. The van der Waals surface area contributed by atoms with Crippen molar-refractivity contribution in [2.45, 2.75) is 19.6 Å². The topological polar surface area (TPSA) is 70.1 Å². The van der Waals surface area contributed by atoms with Crippen LogP contribution in [0.5, 0.6) is 17.2 Å². The molecule has 0 fully saturated rings. The molecule has 1 aromatic heterocycles. The van der Waals surface area contributed by atoms with Crippen LogP contribution in [0.2, 0.25) is 0 Å². The van der Waals surface area contributed by atoms with Crippen LogP contribution in [-0.4, -0.2) is 50.3 Å². The molecule has 0 N–H and O–H groups in total. The van der Waals surface area contributed by atoms with Crippen LogP contribution in [0.1, 0.15) is 27.5 Å². The number of hydrogen-bond acceptors (Lipinski definition) is 7. The van der Waals surface area contributed by atoms with E-state index >= 15 is 0 Å². The molecule has 0 aliphatic heterocycles. The molecule has 33 heavy (non-hydrogen) atoms. The number of hydrogen-bond donors (Lipinski definition) is 0. The van der Waals surface area contributed by atoms with Gasteiger partial charge in [-0.15, -0.1) is 11.3 Å². The molecule has 0 saturated heterocycles. The molecule has 7 nitrogen and oxygen atoms in total. The van der Waals surface area contributed by atoms with E-state index in [1.165, 1.54) is 11.3 Å². The summed E-state index contributed by atoms with van der Waals surface area (Å²) in [6.45, 7) is 1.83. The molecule has 0 bridgehead atoms. The van der Waals surface area contributed by atoms with Crippen molar-refractivity contribution in [2.24, 2.45) is 0 Å². The number of carbonyl (C=O) groups is 1. The smallest absolute Gasteiger partial charge is 0.254 e. The summed E-state index contributed by atoms with van der Waals surface area (Å²) in [5.74, 6) is 1.67. The van der Waals surface area contributed by atoms with E-state index in [2.05, 4.69) is 20.9 Å². The van der Waals surface area contributed by atoms with Crippen molar-refractivity contribution in [3.8, 4) is 17.2 Å². The summed E-state index contributed by atoms with van der Waals surface area (Å²) in [7, 11) is 4.83. The summed E-state index contributed by atoms with van der Waals surface area (Å²) < 4.78 is 22.7. The van der Waals surface area contributed by atoms with Gasteiger partial charge in [0.2, 0.25) is 5.75 Å². The number of methoxy groups -OCH3 is 3. The Bertz CT molecular complexity index is 1040. The van der Waals surface area contributed by atoms with Crippen LogP contribution < -0.4 is 14.2 Å². The van der Waals surface area contributed by atoms with Gasteiger partial charge in [0.05, 0.1) is 26.5 Å². The normalized spacial score (nSPS) is 10.7. The molecule has 1 amide bonds. The fourth-order valence-corrected chi connectivity index (χ4v) is 4.33. The van der Waals surface area contributed by atoms with Crippen LogP contribution in [0.15, 0.2) is 52.3 Å². The number of halogens is 1. The lowest BCUT2D eigenvalue weighted by Crippen LogP contribution is -2.32. The van der Waals surface area contributed by atoms with Crippen LogP contribution in [0, 0.1) is 0 Å². The molecular weight excluding hydrogens is 508 g/mol. The average Bonchev–Trinajstić information content (AvgIpc) is 3.28. The second-order valence-corrected chi connectivity index (χ2v) is 8.95. The van der Waals surface area contributed by atoms with Crippen LogP contribution in [0.25, 0.3) is 0 Å². The minimum atomic E-state index is -0.0445. The lowest BCUT2D eigenvalue weighted by molar-refractivity contribution is 0.0721. The number of rotatable bonds is 12. The monoisotopic (exact) mass is 534 g/mol. The number of benzene rings is 2. The molecule has 0 aliphatic carbocycles. The number of para-hydroxylation sites is 1. The van der Waals surface area contributed by atoms with Gasteiger partial charge in [-0.05, 0) is 36.8 Å². The molecule has 0 spiro atoms. The van der Waals surface area contributed by atoms with Gasteiger partial charge in [0, 0.05) is 35.7 Å². The van der Waals surface area contributed by atoms with Crippen LogP contribution in [-0.2, 0) is 17.9 Å². The molecule has 176 valence electrons. The lowest BCUT2D eigenvalue weighted by Gasteiger charge is -2.22. The molecule has 1 heterocycles. The van der Waals surface area contributed by atoms with E-state index in [-0.39, 0.29) is 12.5 Å². The lowest BCUT2D eigenvalue weighted by atomic mass is 10.2. The van der Waals surface area contributed by atoms with E-state index in [4.69, 9.17) is 18.9 Å². The zero-order valence-corrected chi connectivity index (χ0v) is 21.3. The second-order valence-electron chi connectivity index (χ2n) is 7.10. The maximum Gasteiger partial charge on any atom is 0.254 e. The summed E-state index contributed by atoms with van der Waals surface area (Å²) in [6, 6.07) is 12.9. The van der Waals surface area contributed by atoms with E-state index in [1.807, 2.05) is 47.8 Å². The Labute approximate surface area is 206 Å². The third kappa shape index (κ3) is 6.93. The zero-order chi connectivity index (χ0) is 23.6. The molecule has 0 radical (unpaired) electrons. The maximum absolute atomic E-state index is 13.1. The summed E-state index contributed by atoms with van der Waals surface area (Å²) in [5.41, 5.74) is 1.44. The fraction of sp³-hybridized carbons (Fsp3) is 0.333. The van der Waals surface area contributed by atoms with Gasteiger partial charge in [-0.3, -0.25) is 4.79 Å². The first kappa shape index (κ1) is 25.0. The van der Waals surface area contributed by atoms with Crippen molar-refractivity contribution in [1.29, 1.82) is 0 Å². The number of thiazole rings is 1. The van der Waals surface area contributed by atoms with Gasteiger partial charge in [-0.25, -0.2) is 4.98 Å². The first-order chi connectivity index (χ1) is 16.0. The summed E-state index contributed by atoms with van der Waals surface area (Å²) in [5, 5.41) is 2.75. The van der Waals surface area contributed by atoms with E-state index in [1.54, 1.807) is 26.2 Å². The summed E-state index contributed by atoms with van der Waals surface area (Å²) in [6.07, 6.45) is 0.740. The first-order valence-electron chi connectivity index (χ1n) is 10.4. The van der Waals surface area contributed by atoms with Crippen molar-refractivity contribution < 1.29 is 23.7 Å². The third-order valence-electron chi connectivity index (χ3n) is 4.81. The number of ether oxygens (including phenoxy) is 4. The molecule has 2 aromatic carbocycles. The number of amides is 1. The van der Waals surface area contributed by atoms with Crippen LogP contribution in [0.3, 0.4) is 0 Å². The number of carbonyl (C=O) groups excluding carboxylic acids is 1. The highest BCUT2D eigenvalue weighted by Gasteiger charge is 2.18. The standard InChI is InChI=1S/C24H27BrN2O5S/c1-29-12-6-11-27(24(28)17-7-4-8-18(25)13-17)14-19-16-33-22(26-19)15-32-23-20(30-2)9-5-10-21(23)31-3/h4-5,7-10,13,16H,6,11-12,14-15H2,1-3H3. The van der Waals surface area contributed by atoms with E-state index in [0.29, 0.717) is 42.5 Å². The Morgan fingerprint density at radius 2 is 1.82 bits per heavy atom. The SMILES string of the molecule is COCCCN(Cc1csc(COc2c(OC)cccc2OC)n1)C(=O)c1cccc(Br)c1. The number of nitrogens with zero attached hydrogens (tertiary/aromatic N) is 2. The van der Waals surface area contributed by atoms with Crippen molar-refractivity contribution in [3.05, 3.63) is 68.6 Å². The fourth-order valence-electron chi connectivity index (χ4n) is 3.23. The molecule has 0 unspecified atom stereocenters. The highest BCUT2D eigenvalue weighted by atomic mass is 79.9. The van der Waals surface area contributed by atoms with E-state index < -0.39 is 0 Å². The molecule has 3 aromatic rings. The van der Waals surface area contributed by atoms with E-state index in [0.717, 1.165) is 21.6 Å². The van der Waals surface area contributed by atoms with Gasteiger partial charge in [-0.2, -0.15) is 0 Å². The van der Waals surface area contributed by atoms with E-state index in [9.17, 15) is 4.79 Å². The highest BCUT2D eigenvalue weighted by Crippen LogP contribution is 2.37. The first-order valence-corrected chi connectivity index (χ1v) is 12.0. The Kier molecular flexibility index (Phi) is 9.53. The zero-order valence-electron chi connectivity index (χ0n) is 18.9. The van der Waals surface area contributed by atoms with Gasteiger partial charge >= 0.3 is 0 Å². The van der Waals surface area contributed by atoms with Crippen molar-refractivity contribution in [3.63, 3.8) is 0 Å². The van der Waals surface area contributed by atoms with Crippen molar-refractivity contribution in [1.82, 2.24) is 9.88 Å². The predicted molar refractivity (Wildman–Crippen MR) is 131 cm³/mol. The number of aromatic nitrogens is 1. The molecule has 0 atom stereocenters. The molecule has 0 saturated carbocycles. The second kappa shape index (κ2) is 12.6. The van der Waals surface area contributed by atoms with Crippen LogP contribution >= 0.6 is 27.3 Å². The summed E-state index contributed by atoms with van der Waals surface area (Å²) in [4.78, 5) is 19.6. The highest BCUT2D eigenvalue weighted by molar-refractivity contribution is 9.10.